The van der Waals surface area contributed by atoms with Gasteiger partial charge in [0.2, 0.25) is 5.56 Å². The van der Waals surface area contributed by atoms with Crippen LogP contribution in [0, 0.1) is 6.92 Å². The van der Waals surface area contributed by atoms with Crippen LogP contribution in [0.25, 0.3) is 0 Å². The van der Waals surface area contributed by atoms with Crippen molar-refractivity contribution in [2.75, 3.05) is 0 Å². The summed E-state index contributed by atoms with van der Waals surface area (Å²) in [6, 6.07) is 2.83. The molecule has 0 bridgehead atoms. The first-order valence-electron chi connectivity index (χ1n) is 5.03. The number of aromatic amines is 1. The van der Waals surface area contributed by atoms with Crippen molar-refractivity contribution in [3.05, 3.63) is 50.3 Å². The summed E-state index contributed by atoms with van der Waals surface area (Å²) < 4.78 is 0. The summed E-state index contributed by atoms with van der Waals surface area (Å²) in [4.78, 5) is 29.4. The second kappa shape index (κ2) is 4.92. The molecule has 0 aromatic carbocycles. The number of aryl methyl sites for hydroxylation is 1. The second-order valence-electron chi connectivity index (χ2n) is 3.51. The molecule has 0 fully saturated rings. The summed E-state index contributed by atoms with van der Waals surface area (Å²) in [5, 5.41) is 5.49. The number of hydrogen-bond donors (Lipinski definition) is 2. The lowest BCUT2D eigenvalue weighted by atomic mass is 10.2. The number of pyridine rings is 1. The van der Waals surface area contributed by atoms with Crippen LogP contribution < -0.4 is 10.9 Å². The Bertz CT molecular complexity index is 588. The molecule has 2 aromatic heterocycles. The molecule has 0 saturated heterocycles. The molecule has 0 aliphatic carbocycles. The van der Waals surface area contributed by atoms with Gasteiger partial charge in [-0.15, -0.1) is 11.3 Å². The topological polar surface area (TPSA) is 74.8 Å². The third-order valence-corrected chi connectivity index (χ3v) is 3.07. The van der Waals surface area contributed by atoms with Crippen molar-refractivity contribution in [3.8, 4) is 0 Å². The maximum absolute atomic E-state index is 11.7. The highest BCUT2D eigenvalue weighted by atomic mass is 32.1. The van der Waals surface area contributed by atoms with Crippen molar-refractivity contribution >= 4 is 17.2 Å². The Morgan fingerprint density at radius 2 is 2.41 bits per heavy atom. The van der Waals surface area contributed by atoms with E-state index in [0.717, 1.165) is 10.7 Å². The molecular weight excluding hydrogens is 238 g/mol. The lowest BCUT2D eigenvalue weighted by Gasteiger charge is -2.02. The average molecular weight is 249 g/mol. The standard InChI is InChI=1S/C11H11N3O2S/c1-7-6-17-10(14-7)5-13-11(16)8-2-3-12-9(15)4-8/h2-4,6H,5H2,1H3,(H,12,15)(H,13,16). The second-order valence-corrected chi connectivity index (χ2v) is 4.45. The minimum absolute atomic E-state index is 0.274. The van der Waals surface area contributed by atoms with E-state index in [9.17, 15) is 9.59 Å². The summed E-state index contributed by atoms with van der Waals surface area (Å²) in [5.74, 6) is -0.274. The zero-order valence-corrected chi connectivity index (χ0v) is 10.0. The molecule has 2 N–H and O–H groups in total. The van der Waals surface area contributed by atoms with Gasteiger partial charge in [-0.1, -0.05) is 0 Å². The highest BCUT2D eigenvalue weighted by molar-refractivity contribution is 7.09. The quantitative estimate of drug-likeness (QED) is 0.854. The minimum atomic E-state index is -0.289. The first kappa shape index (κ1) is 11.5. The fraction of sp³-hybridized carbons (Fsp3) is 0.182. The molecule has 17 heavy (non-hydrogen) atoms. The maximum atomic E-state index is 11.7. The molecular formula is C11H11N3O2S. The van der Waals surface area contributed by atoms with E-state index in [1.54, 1.807) is 6.07 Å². The van der Waals surface area contributed by atoms with Crippen LogP contribution in [-0.4, -0.2) is 15.9 Å². The van der Waals surface area contributed by atoms with E-state index in [-0.39, 0.29) is 11.5 Å². The van der Waals surface area contributed by atoms with Gasteiger partial charge in [0.05, 0.1) is 6.54 Å². The number of amides is 1. The number of H-pyrrole nitrogens is 1. The van der Waals surface area contributed by atoms with E-state index in [2.05, 4.69) is 15.3 Å². The molecule has 5 nitrogen and oxygen atoms in total. The van der Waals surface area contributed by atoms with Crippen LogP contribution in [-0.2, 0) is 6.54 Å². The Hall–Kier alpha value is -1.95. The van der Waals surface area contributed by atoms with Crippen LogP contribution in [0.3, 0.4) is 0 Å². The lowest BCUT2D eigenvalue weighted by Crippen LogP contribution is -2.24. The summed E-state index contributed by atoms with van der Waals surface area (Å²) in [6.45, 7) is 2.28. The molecule has 2 rings (SSSR count). The summed E-state index contributed by atoms with van der Waals surface area (Å²) >= 11 is 1.50. The zero-order valence-electron chi connectivity index (χ0n) is 9.19. The minimum Gasteiger partial charge on any atom is -0.346 e. The van der Waals surface area contributed by atoms with Crippen LogP contribution >= 0.6 is 11.3 Å². The molecule has 2 heterocycles. The number of thiazole rings is 1. The van der Waals surface area contributed by atoms with E-state index >= 15 is 0 Å². The van der Waals surface area contributed by atoms with Gasteiger partial charge in [-0.3, -0.25) is 9.59 Å². The van der Waals surface area contributed by atoms with Crippen molar-refractivity contribution in [2.45, 2.75) is 13.5 Å². The van der Waals surface area contributed by atoms with E-state index in [0.29, 0.717) is 12.1 Å². The largest absolute Gasteiger partial charge is 0.346 e. The monoisotopic (exact) mass is 249 g/mol. The summed E-state index contributed by atoms with van der Waals surface area (Å²) in [6.07, 6.45) is 1.45. The molecule has 6 heteroatoms. The van der Waals surface area contributed by atoms with Gasteiger partial charge in [-0.25, -0.2) is 4.98 Å². The number of nitrogens with one attached hydrogen (secondary N) is 2. The van der Waals surface area contributed by atoms with Crippen molar-refractivity contribution in [3.63, 3.8) is 0 Å². The van der Waals surface area contributed by atoms with Gasteiger partial charge in [0.25, 0.3) is 5.91 Å². The molecule has 0 atom stereocenters. The molecule has 0 saturated carbocycles. The smallest absolute Gasteiger partial charge is 0.251 e. The molecule has 1 amide bonds. The van der Waals surface area contributed by atoms with Crippen molar-refractivity contribution < 1.29 is 4.79 Å². The van der Waals surface area contributed by atoms with Gasteiger partial charge >= 0.3 is 0 Å². The van der Waals surface area contributed by atoms with Gasteiger partial charge in [-0.05, 0) is 13.0 Å². The Labute approximate surface area is 102 Å². The normalized spacial score (nSPS) is 10.2. The Morgan fingerprint density at radius 3 is 3.06 bits per heavy atom. The predicted molar refractivity (Wildman–Crippen MR) is 65.1 cm³/mol. The SMILES string of the molecule is Cc1csc(CNC(=O)c2cc[nH]c(=O)c2)n1. The van der Waals surface area contributed by atoms with Crippen molar-refractivity contribution in [2.24, 2.45) is 0 Å². The molecule has 0 unspecified atom stereocenters. The van der Waals surface area contributed by atoms with Crippen molar-refractivity contribution in [1.29, 1.82) is 0 Å². The molecule has 88 valence electrons. The Morgan fingerprint density at radius 1 is 1.59 bits per heavy atom. The zero-order chi connectivity index (χ0) is 12.3. The first-order chi connectivity index (χ1) is 8.15. The molecule has 0 radical (unpaired) electrons. The Kier molecular flexibility index (Phi) is 3.34. The molecule has 2 aromatic rings. The fourth-order valence-corrected chi connectivity index (χ4v) is 2.04. The van der Waals surface area contributed by atoms with E-state index in [1.165, 1.54) is 23.6 Å². The van der Waals surface area contributed by atoms with Crippen molar-refractivity contribution in [1.82, 2.24) is 15.3 Å². The molecule has 0 aliphatic heterocycles. The van der Waals surface area contributed by atoms with Crippen LogP contribution in [0.4, 0.5) is 0 Å². The van der Waals surface area contributed by atoms with Gasteiger partial charge in [-0.2, -0.15) is 0 Å². The van der Waals surface area contributed by atoms with E-state index in [4.69, 9.17) is 0 Å². The van der Waals surface area contributed by atoms with Gasteiger partial charge in [0, 0.05) is 28.9 Å². The van der Waals surface area contributed by atoms with E-state index < -0.39 is 0 Å². The lowest BCUT2D eigenvalue weighted by molar-refractivity contribution is 0.0950. The highest BCUT2D eigenvalue weighted by Crippen LogP contribution is 2.08. The predicted octanol–water partition coefficient (Wildman–Crippen LogP) is 1.07. The van der Waals surface area contributed by atoms with Crippen LogP contribution in [0.2, 0.25) is 0 Å². The van der Waals surface area contributed by atoms with Gasteiger partial charge in [0.1, 0.15) is 5.01 Å². The van der Waals surface area contributed by atoms with Crippen LogP contribution in [0.15, 0.2) is 28.5 Å². The van der Waals surface area contributed by atoms with Crippen LogP contribution in [0.1, 0.15) is 21.1 Å². The first-order valence-corrected chi connectivity index (χ1v) is 5.91. The van der Waals surface area contributed by atoms with Gasteiger partial charge < -0.3 is 10.3 Å². The third-order valence-electron chi connectivity index (χ3n) is 2.10. The number of carbonyl (C=O) groups is 1. The van der Waals surface area contributed by atoms with Gasteiger partial charge in [0.15, 0.2) is 0 Å². The Balaban J connectivity index is 2.00. The number of carbonyl (C=O) groups excluding carboxylic acids is 1. The number of aromatic nitrogens is 2. The summed E-state index contributed by atoms with van der Waals surface area (Å²) in [5.41, 5.74) is 1.00. The summed E-state index contributed by atoms with van der Waals surface area (Å²) in [7, 11) is 0. The molecule has 0 aliphatic rings. The molecule has 0 spiro atoms. The maximum Gasteiger partial charge on any atom is 0.251 e. The third kappa shape index (κ3) is 3.01. The highest BCUT2D eigenvalue weighted by Gasteiger charge is 2.06. The fourth-order valence-electron chi connectivity index (χ4n) is 1.33. The van der Waals surface area contributed by atoms with Crippen LogP contribution in [0.5, 0.6) is 0 Å². The average Bonchev–Trinajstić information content (AvgIpc) is 2.72. The number of nitrogens with zero attached hydrogens (tertiary/aromatic N) is 1. The number of rotatable bonds is 3. The van der Waals surface area contributed by atoms with E-state index in [1.807, 2.05) is 12.3 Å². The number of hydrogen-bond acceptors (Lipinski definition) is 4.